The van der Waals surface area contributed by atoms with Gasteiger partial charge in [-0.15, -0.1) is 0 Å². The number of aliphatic hydroxyl groups excluding tert-OH is 1. The van der Waals surface area contributed by atoms with E-state index < -0.39 is 29.9 Å². The molecule has 2 aliphatic rings. The highest BCUT2D eigenvalue weighted by Gasteiger charge is 2.62. The van der Waals surface area contributed by atoms with Gasteiger partial charge in [0.25, 0.3) is 0 Å². The van der Waals surface area contributed by atoms with Crippen LogP contribution in [0.25, 0.3) is 0 Å². The van der Waals surface area contributed by atoms with Crippen LogP contribution in [0.5, 0.6) is 0 Å². The highest BCUT2D eigenvalue weighted by Crippen LogP contribution is 2.44. The van der Waals surface area contributed by atoms with Crippen LogP contribution in [0.15, 0.2) is 60.7 Å². The van der Waals surface area contributed by atoms with Crippen LogP contribution in [0.4, 0.5) is 0 Å². The van der Waals surface area contributed by atoms with Crippen molar-refractivity contribution in [2.24, 2.45) is 0 Å². The minimum atomic E-state index is -1.06. The SMILES string of the molecule is CC1(C)OC2C(OCc3ccccc3)[C@@](CO)(COCc3ccccc3)O[C@@H]2O1. The van der Waals surface area contributed by atoms with Gasteiger partial charge in [0.1, 0.15) is 17.8 Å². The molecular weight excluding hydrogens is 372 g/mol. The van der Waals surface area contributed by atoms with Gasteiger partial charge in [-0.25, -0.2) is 0 Å². The minimum Gasteiger partial charge on any atom is -0.393 e. The zero-order chi connectivity index (χ0) is 20.3. The van der Waals surface area contributed by atoms with E-state index in [1.54, 1.807) is 0 Å². The van der Waals surface area contributed by atoms with Crippen molar-refractivity contribution in [2.75, 3.05) is 13.2 Å². The lowest BCUT2D eigenvalue weighted by Crippen LogP contribution is -2.52. The van der Waals surface area contributed by atoms with Crippen LogP contribution in [0.2, 0.25) is 0 Å². The zero-order valence-electron chi connectivity index (χ0n) is 16.8. The lowest BCUT2D eigenvalue weighted by atomic mass is 9.96. The minimum absolute atomic E-state index is 0.165. The summed E-state index contributed by atoms with van der Waals surface area (Å²) in [7, 11) is 0. The van der Waals surface area contributed by atoms with Gasteiger partial charge in [0.15, 0.2) is 12.1 Å². The largest absolute Gasteiger partial charge is 0.393 e. The number of ether oxygens (including phenoxy) is 5. The highest BCUT2D eigenvalue weighted by molar-refractivity contribution is 5.15. The van der Waals surface area contributed by atoms with E-state index in [-0.39, 0.29) is 13.2 Å². The Hall–Kier alpha value is -1.80. The molecule has 2 heterocycles. The van der Waals surface area contributed by atoms with Gasteiger partial charge in [-0.3, -0.25) is 0 Å². The van der Waals surface area contributed by atoms with Crippen molar-refractivity contribution in [3.05, 3.63) is 71.8 Å². The molecule has 0 amide bonds. The molecule has 2 aromatic rings. The molecule has 1 N–H and O–H groups in total. The Morgan fingerprint density at radius 2 is 1.48 bits per heavy atom. The lowest BCUT2D eigenvalue weighted by Gasteiger charge is -2.35. The van der Waals surface area contributed by atoms with E-state index in [1.807, 2.05) is 74.5 Å². The van der Waals surface area contributed by atoms with E-state index in [4.69, 9.17) is 23.7 Å². The molecule has 2 aliphatic heterocycles. The number of rotatable bonds is 8. The summed E-state index contributed by atoms with van der Waals surface area (Å²) in [5, 5.41) is 10.3. The van der Waals surface area contributed by atoms with Gasteiger partial charge >= 0.3 is 0 Å². The summed E-state index contributed by atoms with van der Waals surface area (Å²) < 4.78 is 30.2. The van der Waals surface area contributed by atoms with Gasteiger partial charge in [0.05, 0.1) is 26.4 Å². The monoisotopic (exact) mass is 400 g/mol. The van der Waals surface area contributed by atoms with Crippen molar-refractivity contribution in [1.82, 2.24) is 0 Å². The van der Waals surface area contributed by atoms with Crippen molar-refractivity contribution in [3.8, 4) is 0 Å². The molecule has 4 rings (SSSR count). The molecule has 0 radical (unpaired) electrons. The van der Waals surface area contributed by atoms with E-state index in [9.17, 15) is 5.11 Å². The highest BCUT2D eigenvalue weighted by atomic mass is 16.8. The number of hydrogen-bond donors (Lipinski definition) is 1. The predicted molar refractivity (Wildman–Crippen MR) is 106 cm³/mol. The first kappa shape index (κ1) is 20.5. The van der Waals surface area contributed by atoms with Gasteiger partial charge in [0.2, 0.25) is 0 Å². The van der Waals surface area contributed by atoms with Crippen LogP contribution >= 0.6 is 0 Å². The first-order valence-electron chi connectivity index (χ1n) is 9.93. The summed E-state index contributed by atoms with van der Waals surface area (Å²) >= 11 is 0. The summed E-state index contributed by atoms with van der Waals surface area (Å²) in [5.41, 5.74) is 1.02. The van der Waals surface area contributed by atoms with Gasteiger partial charge < -0.3 is 28.8 Å². The molecular formula is C23H28O6. The maximum Gasteiger partial charge on any atom is 0.190 e. The van der Waals surface area contributed by atoms with E-state index >= 15 is 0 Å². The number of benzene rings is 2. The topological polar surface area (TPSA) is 66.4 Å². The second-order valence-corrected chi connectivity index (χ2v) is 8.00. The number of fused-ring (bicyclic) bond motifs is 1. The van der Waals surface area contributed by atoms with Crippen LogP contribution in [-0.4, -0.2) is 48.2 Å². The molecule has 6 heteroatoms. The lowest BCUT2D eigenvalue weighted by molar-refractivity contribution is -0.261. The molecule has 2 fully saturated rings. The molecule has 2 saturated heterocycles. The average molecular weight is 400 g/mol. The smallest absolute Gasteiger partial charge is 0.190 e. The number of hydrogen-bond acceptors (Lipinski definition) is 6. The van der Waals surface area contributed by atoms with E-state index in [0.717, 1.165) is 11.1 Å². The molecule has 29 heavy (non-hydrogen) atoms. The third kappa shape index (κ3) is 4.53. The summed E-state index contributed by atoms with van der Waals surface area (Å²) in [5.74, 6) is -0.768. The molecule has 156 valence electrons. The molecule has 0 aliphatic carbocycles. The van der Waals surface area contributed by atoms with Crippen molar-refractivity contribution >= 4 is 0 Å². The fraction of sp³-hybridized carbons (Fsp3) is 0.478. The van der Waals surface area contributed by atoms with Crippen LogP contribution in [0.1, 0.15) is 25.0 Å². The molecule has 0 bridgehead atoms. The maximum absolute atomic E-state index is 10.3. The molecule has 0 saturated carbocycles. The summed E-state index contributed by atoms with van der Waals surface area (Å²) in [6, 6.07) is 19.8. The molecule has 2 unspecified atom stereocenters. The Kier molecular flexibility index (Phi) is 6.01. The Labute approximate surface area is 171 Å². The second kappa shape index (κ2) is 8.52. The van der Waals surface area contributed by atoms with Crippen molar-refractivity contribution in [2.45, 2.75) is 56.9 Å². The van der Waals surface area contributed by atoms with Crippen molar-refractivity contribution in [3.63, 3.8) is 0 Å². The molecule has 0 spiro atoms. The van der Waals surface area contributed by atoms with Crippen LogP contribution in [0.3, 0.4) is 0 Å². The van der Waals surface area contributed by atoms with E-state index in [2.05, 4.69) is 0 Å². The second-order valence-electron chi connectivity index (χ2n) is 8.00. The quantitative estimate of drug-likeness (QED) is 0.735. The standard InChI is InChI=1S/C23H28O6/c1-22(2)27-19-20(26-14-18-11-7-4-8-12-18)23(15-24,29-21(19)28-22)16-25-13-17-9-5-3-6-10-17/h3-12,19-21,24H,13-16H2,1-2H3/t19?,20?,21-,23+/m0/s1. The van der Waals surface area contributed by atoms with Gasteiger partial charge in [0, 0.05) is 0 Å². The first-order chi connectivity index (χ1) is 14.0. The Bertz CT molecular complexity index is 780. The predicted octanol–water partition coefficient (Wildman–Crippen LogP) is 3.03. The van der Waals surface area contributed by atoms with E-state index in [1.165, 1.54) is 0 Å². The molecule has 2 aromatic carbocycles. The molecule has 4 atom stereocenters. The maximum atomic E-state index is 10.3. The Balaban J connectivity index is 1.48. The molecule has 6 nitrogen and oxygen atoms in total. The summed E-state index contributed by atoms with van der Waals surface area (Å²) in [4.78, 5) is 0. The van der Waals surface area contributed by atoms with Gasteiger partial charge in [-0.2, -0.15) is 0 Å². The van der Waals surface area contributed by atoms with Crippen molar-refractivity contribution < 1.29 is 28.8 Å². The van der Waals surface area contributed by atoms with Gasteiger partial charge in [-0.1, -0.05) is 60.7 Å². The van der Waals surface area contributed by atoms with Crippen LogP contribution in [-0.2, 0) is 36.9 Å². The van der Waals surface area contributed by atoms with E-state index in [0.29, 0.717) is 13.2 Å². The third-order valence-electron chi connectivity index (χ3n) is 5.25. The third-order valence-corrected chi connectivity index (χ3v) is 5.25. The fourth-order valence-corrected chi connectivity index (χ4v) is 3.86. The first-order valence-corrected chi connectivity index (χ1v) is 9.93. The summed E-state index contributed by atoms with van der Waals surface area (Å²) in [6.07, 6.45) is -1.59. The fourth-order valence-electron chi connectivity index (χ4n) is 3.86. The number of aliphatic hydroxyl groups is 1. The van der Waals surface area contributed by atoms with Crippen molar-refractivity contribution in [1.29, 1.82) is 0 Å². The average Bonchev–Trinajstić information content (AvgIpc) is 3.17. The molecule has 0 aromatic heterocycles. The van der Waals surface area contributed by atoms with Gasteiger partial charge in [-0.05, 0) is 25.0 Å². The van der Waals surface area contributed by atoms with Crippen LogP contribution < -0.4 is 0 Å². The summed E-state index contributed by atoms with van der Waals surface area (Å²) in [6.45, 7) is 4.38. The zero-order valence-corrected chi connectivity index (χ0v) is 16.8. The normalized spacial score (nSPS) is 30.4. The Morgan fingerprint density at radius 3 is 2.10 bits per heavy atom. The Morgan fingerprint density at radius 1 is 0.862 bits per heavy atom. The van der Waals surface area contributed by atoms with Crippen LogP contribution in [0, 0.1) is 0 Å².